The highest BCUT2D eigenvalue weighted by Crippen LogP contribution is 2.34. The summed E-state index contributed by atoms with van der Waals surface area (Å²) in [7, 11) is 0. The molecule has 186 valence electrons. The molecule has 0 spiro atoms. The van der Waals surface area contributed by atoms with Crippen LogP contribution in [0.25, 0.3) is 0 Å². The van der Waals surface area contributed by atoms with Crippen LogP contribution in [-0.4, -0.2) is 28.8 Å². The van der Waals surface area contributed by atoms with Gasteiger partial charge in [-0.15, -0.1) is 0 Å². The number of hydrogen-bond donors (Lipinski definition) is 2. The van der Waals surface area contributed by atoms with Gasteiger partial charge in [0.25, 0.3) is 0 Å². The third-order valence-corrected chi connectivity index (χ3v) is 5.93. The topological polar surface area (TPSA) is 87.7 Å². The maximum Gasteiger partial charge on any atom is 0.411 e. The van der Waals surface area contributed by atoms with E-state index in [4.69, 9.17) is 4.74 Å². The van der Waals surface area contributed by atoms with Gasteiger partial charge in [0.05, 0.1) is 6.54 Å². The molecule has 0 saturated carbocycles. The molecule has 2 atom stereocenters. The average Bonchev–Trinajstić information content (AvgIpc) is 3.21. The Morgan fingerprint density at radius 3 is 2.31 bits per heavy atom. The van der Waals surface area contributed by atoms with Crippen molar-refractivity contribution < 1.29 is 23.5 Å². The maximum atomic E-state index is 13.4. The minimum atomic E-state index is -0.938. The molecule has 1 heterocycles. The van der Waals surface area contributed by atoms with E-state index in [1.807, 2.05) is 37.3 Å². The Morgan fingerprint density at radius 2 is 1.64 bits per heavy atom. The van der Waals surface area contributed by atoms with Crippen molar-refractivity contribution in [2.45, 2.75) is 45.0 Å². The van der Waals surface area contributed by atoms with E-state index in [2.05, 4.69) is 10.6 Å². The summed E-state index contributed by atoms with van der Waals surface area (Å²) in [5.41, 5.74) is 2.84. The number of cyclic esters (lactones) is 1. The van der Waals surface area contributed by atoms with Crippen LogP contribution in [0.4, 0.5) is 14.9 Å². The van der Waals surface area contributed by atoms with Crippen molar-refractivity contribution in [1.82, 2.24) is 10.2 Å². The van der Waals surface area contributed by atoms with Crippen molar-refractivity contribution in [1.29, 1.82) is 0 Å². The Hall–Kier alpha value is -4.20. The number of rotatable bonds is 9. The van der Waals surface area contributed by atoms with E-state index in [1.54, 1.807) is 36.4 Å². The fraction of sp³-hybridized carbons (Fsp3) is 0.250. The molecule has 0 radical (unpaired) electrons. The predicted molar refractivity (Wildman–Crippen MR) is 133 cm³/mol. The molecule has 0 unspecified atom stereocenters. The van der Waals surface area contributed by atoms with Gasteiger partial charge in [0.15, 0.2) is 12.1 Å². The van der Waals surface area contributed by atoms with Gasteiger partial charge in [-0.25, -0.2) is 9.18 Å². The summed E-state index contributed by atoms with van der Waals surface area (Å²) in [6, 6.07) is 21.2. The highest BCUT2D eigenvalue weighted by atomic mass is 19.1. The molecule has 36 heavy (non-hydrogen) atoms. The van der Waals surface area contributed by atoms with Crippen molar-refractivity contribution in [3.8, 4) is 0 Å². The van der Waals surface area contributed by atoms with Gasteiger partial charge in [-0.1, -0.05) is 61.5 Å². The van der Waals surface area contributed by atoms with E-state index in [0.717, 1.165) is 12.0 Å². The first-order chi connectivity index (χ1) is 17.4. The molecule has 4 rings (SSSR count). The standard InChI is InChI=1S/C28H28FN3O4/c1-2-6-24(33)31-23-15-11-21(12-16-23)26-25(27(34)30-17-19-7-4-3-5-8-19)32(28(35)36-26)18-20-9-13-22(29)14-10-20/h3-5,7-16,25-26H,2,6,17-18H2,1H3,(H,30,34)(H,31,33)/t25-,26+/m0/s1. The number of anilines is 1. The van der Waals surface area contributed by atoms with E-state index in [-0.39, 0.29) is 24.2 Å². The van der Waals surface area contributed by atoms with Crippen LogP contribution in [0, 0.1) is 5.82 Å². The monoisotopic (exact) mass is 489 g/mol. The van der Waals surface area contributed by atoms with Gasteiger partial charge in [-0.05, 0) is 47.4 Å². The lowest BCUT2D eigenvalue weighted by atomic mass is 10.00. The second-order valence-electron chi connectivity index (χ2n) is 8.63. The summed E-state index contributed by atoms with van der Waals surface area (Å²) in [5, 5.41) is 5.73. The molecular weight excluding hydrogens is 461 g/mol. The summed E-state index contributed by atoms with van der Waals surface area (Å²) in [5.74, 6) is -0.831. The Kier molecular flexibility index (Phi) is 7.95. The number of carbonyl (C=O) groups excluding carboxylic acids is 3. The molecule has 0 aliphatic carbocycles. The second-order valence-corrected chi connectivity index (χ2v) is 8.63. The molecule has 3 aromatic carbocycles. The largest absolute Gasteiger partial charge is 0.438 e. The van der Waals surface area contributed by atoms with Crippen LogP contribution in [0.15, 0.2) is 78.9 Å². The fourth-order valence-corrected chi connectivity index (χ4v) is 4.09. The number of hydrogen-bond acceptors (Lipinski definition) is 4. The Labute approximate surface area is 209 Å². The van der Waals surface area contributed by atoms with Gasteiger partial charge in [0.1, 0.15) is 5.82 Å². The normalized spacial score (nSPS) is 16.9. The Morgan fingerprint density at radius 1 is 0.944 bits per heavy atom. The third kappa shape index (κ3) is 6.07. The van der Waals surface area contributed by atoms with Crippen molar-refractivity contribution in [3.63, 3.8) is 0 Å². The van der Waals surface area contributed by atoms with Gasteiger partial charge in [-0.3, -0.25) is 14.5 Å². The number of amides is 3. The minimum absolute atomic E-state index is 0.0822. The average molecular weight is 490 g/mol. The minimum Gasteiger partial charge on any atom is -0.438 e. The van der Waals surface area contributed by atoms with Crippen LogP contribution in [0.5, 0.6) is 0 Å². The fourth-order valence-electron chi connectivity index (χ4n) is 4.09. The van der Waals surface area contributed by atoms with Crippen molar-refractivity contribution in [3.05, 3.63) is 101 Å². The van der Waals surface area contributed by atoms with Crippen molar-refractivity contribution in [2.75, 3.05) is 5.32 Å². The SMILES string of the molecule is CCCC(=O)Nc1ccc([C@H]2OC(=O)N(Cc3ccc(F)cc3)[C@@H]2C(=O)NCc2ccccc2)cc1. The molecule has 7 nitrogen and oxygen atoms in total. The van der Waals surface area contributed by atoms with Gasteiger partial charge in [0, 0.05) is 18.7 Å². The third-order valence-electron chi connectivity index (χ3n) is 5.93. The lowest BCUT2D eigenvalue weighted by Gasteiger charge is -2.24. The first-order valence-electron chi connectivity index (χ1n) is 11.9. The number of halogens is 1. The van der Waals surface area contributed by atoms with E-state index in [0.29, 0.717) is 29.8 Å². The van der Waals surface area contributed by atoms with Gasteiger partial charge < -0.3 is 15.4 Å². The van der Waals surface area contributed by atoms with Crippen LogP contribution in [0.3, 0.4) is 0 Å². The summed E-state index contributed by atoms with van der Waals surface area (Å²) >= 11 is 0. The number of benzene rings is 3. The highest BCUT2D eigenvalue weighted by Gasteiger charge is 2.46. The van der Waals surface area contributed by atoms with Crippen molar-refractivity contribution in [2.24, 2.45) is 0 Å². The van der Waals surface area contributed by atoms with Gasteiger partial charge in [-0.2, -0.15) is 0 Å². The van der Waals surface area contributed by atoms with Crippen LogP contribution in [0.2, 0.25) is 0 Å². The lowest BCUT2D eigenvalue weighted by Crippen LogP contribution is -2.46. The molecule has 0 bridgehead atoms. The smallest absolute Gasteiger partial charge is 0.411 e. The van der Waals surface area contributed by atoms with Crippen LogP contribution in [-0.2, 0) is 27.4 Å². The molecule has 8 heteroatoms. The van der Waals surface area contributed by atoms with Crippen LogP contribution >= 0.6 is 0 Å². The second kappa shape index (κ2) is 11.5. The summed E-state index contributed by atoms with van der Waals surface area (Å²) in [6.45, 7) is 2.31. The maximum absolute atomic E-state index is 13.4. The zero-order valence-electron chi connectivity index (χ0n) is 19.9. The van der Waals surface area contributed by atoms with E-state index >= 15 is 0 Å². The van der Waals surface area contributed by atoms with E-state index in [9.17, 15) is 18.8 Å². The molecular formula is C28H28FN3O4. The van der Waals surface area contributed by atoms with Crippen LogP contribution < -0.4 is 10.6 Å². The van der Waals surface area contributed by atoms with E-state index < -0.39 is 18.2 Å². The van der Waals surface area contributed by atoms with Crippen LogP contribution in [0.1, 0.15) is 42.6 Å². The van der Waals surface area contributed by atoms with Gasteiger partial charge >= 0.3 is 6.09 Å². The first-order valence-corrected chi connectivity index (χ1v) is 11.9. The zero-order valence-corrected chi connectivity index (χ0v) is 19.9. The summed E-state index contributed by atoms with van der Waals surface area (Å²) in [6.07, 6.45) is -0.325. The summed E-state index contributed by atoms with van der Waals surface area (Å²) < 4.78 is 19.1. The Bertz CT molecular complexity index is 1200. The number of nitrogens with one attached hydrogen (secondary N) is 2. The first kappa shape index (κ1) is 24.9. The molecule has 0 aromatic heterocycles. The molecule has 2 N–H and O–H groups in total. The van der Waals surface area contributed by atoms with Gasteiger partial charge in [0.2, 0.25) is 11.8 Å². The number of carbonyl (C=O) groups is 3. The number of ether oxygens (including phenoxy) is 1. The molecule has 3 amide bonds. The zero-order chi connectivity index (χ0) is 25.5. The summed E-state index contributed by atoms with van der Waals surface area (Å²) in [4.78, 5) is 39.5. The molecule has 3 aromatic rings. The Balaban J connectivity index is 1.56. The molecule has 1 aliphatic rings. The van der Waals surface area contributed by atoms with E-state index in [1.165, 1.54) is 17.0 Å². The molecule has 1 saturated heterocycles. The highest BCUT2D eigenvalue weighted by molar-refractivity contribution is 5.91. The lowest BCUT2D eigenvalue weighted by molar-refractivity contribution is -0.126. The van der Waals surface area contributed by atoms with Crippen molar-refractivity contribution >= 4 is 23.6 Å². The number of nitrogens with zero attached hydrogens (tertiary/aromatic N) is 1. The molecule has 1 fully saturated rings. The quantitative estimate of drug-likeness (QED) is 0.446. The molecule has 1 aliphatic heterocycles. The predicted octanol–water partition coefficient (Wildman–Crippen LogP) is 4.94.